The van der Waals surface area contributed by atoms with E-state index in [-0.39, 0.29) is 12.5 Å². The summed E-state index contributed by atoms with van der Waals surface area (Å²) < 4.78 is 0. The van der Waals surface area contributed by atoms with Crippen LogP contribution in [-0.2, 0) is 9.59 Å². The minimum Gasteiger partial charge on any atom is -0.480 e. The van der Waals surface area contributed by atoms with Gasteiger partial charge in [-0.05, 0) is 18.3 Å². The Balaban J connectivity index is 1.75. The van der Waals surface area contributed by atoms with Crippen molar-refractivity contribution in [1.82, 2.24) is 14.7 Å². The summed E-state index contributed by atoms with van der Waals surface area (Å²) >= 11 is 0. The van der Waals surface area contributed by atoms with E-state index in [1.807, 2.05) is 9.80 Å². The van der Waals surface area contributed by atoms with Gasteiger partial charge in [0.05, 0.1) is 13.1 Å². The highest BCUT2D eigenvalue weighted by Crippen LogP contribution is 2.21. The number of carbonyl (C=O) groups is 2. The Morgan fingerprint density at radius 3 is 1.90 bits per heavy atom. The van der Waals surface area contributed by atoms with Crippen LogP contribution < -0.4 is 0 Å². The molecule has 0 unspecified atom stereocenters. The molecule has 6 nitrogen and oxygen atoms in total. The van der Waals surface area contributed by atoms with E-state index in [2.05, 4.69) is 18.7 Å². The lowest BCUT2D eigenvalue weighted by molar-refractivity contribution is -0.140. The number of amides is 1. The summed E-state index contributed by atoms with van der Waals surface area (Å²) in [4.78, 5) is 29.1. The molecule has 1 amide bonds. The van der Waals surface area contributed by atoms with E-state index in [9.17, 15) is 9.59 Å². The third kappa shape index (κ3) is 4.97. The van der Waals surface area contributed by atoms with Crippen molar-refractivity contribution in [3.8, 4) is 0 Å². The van der Waals surface area contributed by atoms with E-state index >= 15 is 0 Å². The first-order valence-corrected chi connectivity index (χ1v) is 7.88. The highest BCUT2D eigenvalue weighted by Gasteiger charge is 2.27. The zero-order valence-electron chi connectivity index (χ0n) is 13.1. The van der Waals surface area contributed by atoms with Crippen molar-refractivity contribution < 1.29 is 14.7 Å². The fourth-order valence-corrected chi connectivity index (χ4v) is 3.45. The predicted octanol–water partition coefficient (Wildman–Crippen LogP) is 0.193. The minimum atomic E-state index is -0.782. The third-order valence-electron chi connectivity index (χ3n) is 4.40. The molecule has 120 valence electrons. The van der Waals surface area contributed by atoms with E-state index in [4.69, 9.17) is 5.11 Å². The molecule has 2 heterocycles. The van der Waals surface area contributed by atoms with Gasteiger partial charge in [-0.2, -0.15) is 0 Å². The van der Waals surface area contributed by atoms with Gasteiger partial charge < -0.3 is 10.0 Å². The van der Waals surface area contributed by atoms with Crippen molar-refractivity contribution >= 4 is 11.9 Å². The molecule has 1 N–H and O–H groups in total. The third-order valence-corrected chi connectivity index (χ3v) is 4.40. The largest absolute Gasteiger partial charge is 0.480 e. The molecule has 0 spiro atoms. The SMILES string of the molecule is C[C@@H]1C[C@@H](C)CN(C(=O)CN2CCN(CC(=O)O)CC2)C1. The van der Waals surface area contributed by atoms with Crippen molar-refractivity contribution in [1.29, 1.82) is 0 Å². The molecule has 0 bridgehead atoms. The number of hydrogen-bond acceptors (Lipinski definition) is 4. The highest BCUT2D eigenvalue weighted by atomic mass is 16.4. The van der Waals surface area contributed by atoms with Crippen LogP contribution in [0.1, 0.15) is 20.3 Å². The van der Waals surface area contributed by atoms with Crippen LogP contribution >= 0.6 is 0 Å². The summed E-state index contributed by atoms with van der Waals surface area (Å²) in [6, 6.07) is 0. The van der Waals surface area contributed by atoms with Gasteiger partial charge in [-0.15, -0.1) is 0 Å². The summed E-state index contributed by atoms with van der Waals surface area (Å²) in [6.45, 7) is 9.75. The Morgan fingerprint density at radius 1 is 0.952 bits per heavy atom. The molecule has 0 aromatic rings. The van der Waals surface area contributed by atoms with Gasteiger partial charge in [0, 0.05) is 39.3 Å². The maximum Gasteiger partial charge on any atom is 0.317 e. The fourth-order valence-electron chi connectivity index (χ4n) is 3.45. The molecule has 2 saturated heterocycles. The average molecular weight is 297 g/mol. The zero-order chi connectivity index (χ0) is 15.4. The van der Waals surface area contributed by atoms with Gasteiger partial charge in [0.2, 0.25) is 5.91 Å². The lowest BCUT2D eigenvalue weighted by Gasteiger charge is -2.38. The number of carbonyl (C=O) groups excluding carboxylic acids is 1. The number of aliphatic carboxylic acids is 1. The Morgan fingerprint density at radius 2 is 1.43 bits per heavy atom. The topological polar surface area (TPSA) is 64.1 Å². The first-order valence-electron chi connectivity index (χ1n) is 7.88. The van der Waals surface area contributed by atoms with Crippen LogP contribution in [0.25, 0.3) is 0 Å². The number of rotatable bonds is 4. The van der Waals surface area contributed by atoms with Gasteiger partial charge in [-0.25, -0.2) is 0 Å². The molecule has 2 fully saturated rings. The van der Waals surface area contributed by atoms with Crippen molar-refractivity contribution in [3.05, 3.63) is 0 Å². The Kier molecular flexibility index (Phi) is 5.58. The molecule has 0 aromatic carbocycles. The zero-order valence-corrected chi connectivity index (χ0v) is 13.1. The van der Waals surface area contributed by atoms with Crippen LogP contribution in [0, 0.1) is 11.8 Å². The summed E-state index contributed by atoms with van der Waals surface area (Å²) in [5.74, 6) is 0.617. The molecule has 21 heavy (non-hydrogen) atoms. The molecule has 2 aliphatic rings. The molecule has 0 saturated carbocycles. The van der Waals surface area contributed by atoms with Crippen molar-refractivity contribution in [2.75, 3.05) is 52.4 Å². The molecule has 2 rings (SSSR count). The number of hydrogen-bond donors (Lipinski definition) is 1. The second-order valence-electron chi connectivity index (χ2n) is 6.69. The quantitative estimate of drug-likeness (QED) is 0.803. The van der Waals surface area contributed by atoms with Crippen LogP contribution in [-0.4, -0.2) is 84.0 Å². The van der Waals surface area contributed by atoms with Crippen molar-refractivity contribution in [2.45, 2.75) is 20.3 Å². The molecule has 2 aliphatic heterocycles. The van der Waals surface area contributed by atoms with E-state index in [0.717, 1.165) is 39.3 Å². The smallest absolute Gasteiger partial charge is 0.317 e. The van der Waals surface area contributed by atoms with Crippen LogP contribution in [0.2, 0.25) is 0 Å². The summed E-state index contributed by atoms with van der Waals surface area (Å²) in [5.41, 5.74) is 0. The predicted molar refractivity (Wildman–Crippen MR) is 80.0 cm³/mol. The number of carboxylic acid groups (broad SMARTS) is 1. The van der Waals surface area contributed by atoms with Gasteiger partial charge in [0.25, 0.3) is 0 Å². The molecule has 0 aliphatic carbocycles. The van der Waals surface area contributed by atoms with Gasteiger partial charge in [-0.1, -0.05) is 13.8 Å². The molecule has 6 heteroatoms. The van der Waals surface area contributed by atoms with Crippen LogP contribution in [0.4, 0.5) is 0 Å². The monoisotopic (exact) mass is 297 g/mol. The van der Waals surface area contributed by atoms with Crippen LogP contribution in [0.5, 0.6) is 0 Å². The maximum atomic E-state index is 12.4. The Labute approximate surface area is 126 Å². The molecule has 0 aromatic heterocycles. The van der Waals surface area contributed by atoms with Gasteiger partial charge in [0.1, 0.15) is 0 Å². The van der Waals surface area contributed by atoms with Crippen molar-refractivity contribution in [3.63, 3.8) is 0 Å². The number of likely N-dealkylation sites (tertiary alicyclic amines) is 1. The molecule has 2 atom stereocenters. The van der Waals surface area contributed by atoms with E-state index in [1.165, 1.54) is 6.42 Å². The summed E-state index contributed by atoms with van der Waals surface area (Å²) in [5, 5.41) is 8.78. The molecule has 0 radical (unpaired) electrons. The first-order chi connectivity index (χ1) is 9.94. The fraction of sp³-hybridized carbons (Fsp3) is 0.867. The lowest BCUT2D eigenvalue weighted by Crippen LogP contribution is -2.52. The van der Waals surface area contributed by atoms with E-state index < -0.39 is 5.97 Å². The molecular formula is C15H27N3O3. The molecular weight excluding hydrogens is 270 g/mol. The van der Waals surface area contributed by atoms with Crippen LogP contribution in [0.15, 0.2) is 0 Å². The first kappa shape index (κ1) is 16.2. The van der Waals surface area contributed by atoms with E-state index in [0.29, 0.717) is 18.4 Å². The van der Waals surface area contributed by atoms with Gasteiger partial charge in [-0.3, -0.25) is 19.4 Å². The van der Waals surface area contributed by atoms with Crippen LogP contribution in [0.3, 0.4) is 0 Å². The number of nitrogens with zero attached hydrogens (tertiary/aromatic N) is 3. The Hall–Kier alpha value is -1.14. The number of piperazine rings is 1. The highest BCUT2D eigenvalue weighted by molar-refractivity contribution is 5.78. The number of carboxylic acids is 1. The van der Waals surface area contributed by atoms with E-state index in [1.54, 1.807) is 0 Å². The second-order valence-corrected chi connectivity index (χ2v) is 6.69. The van der Waals surface area contributed by atoms with Gasteiger partial charge >= 0.3 is 5.97 Å². The van der Waals surface area contributed by atoms with Gasteiger partial charge in [0.15, 0.2) is 0 Å². The Bertz CT molecular complexity index is 370. The average Bonchev–Trinajstić information content (AvgIpc) is 2.39. The standard InChI is InChI=1S/C15H27N3O3/c1-12-7-13(2)9-18(8-12)14(19)10-16-3-5-17(6-4-16)11-15(20)21/h12-13H,3-11H2,1-2H3,(H,20,21)/t12-,13-/m1/s1. The minimum absolute atomic E-state index is 0.100. The summed E-state index contributed by atoms with van der Waals surface area (Å²) in [6.07, 6.45) is 1.21. The lowest BCUT2D eigenvalue weighted by atomic mass is 9.92. The van der Waals surface area contributed by atoms with Crippen molar-refractivity contribution in [2.24, 2.45) is 11.8 Å². The maximum absolute atomic E-state index is 12.4. The summed E-state index contributed by atoms with van der Waals surface area (Å²) in [7, 11) is 0. The second kappa shape index (κ2) is 7.22. The normalized spacial score (nSPS) is 28.6. The number of piperidine rings is 1.